The molecule has 6 aromatic rings. The zero-order valence-corrected chi connectivity index (χ0v) is 26.8. The summed E-state index contributed by atoms with van der Waals surface area (Å²) in [5.74, 6) is 0.462. The van der Waals surface area contributed by atoms with Gasteiger partial charge >= 0.3 is 0 Å². The van der Waals surface area contributed by atoms with Crippen LogP contribution in [-0.2, 0) is 9.59 Å². The summed E-state index contributed by atoms with van der Waals surface area (Å²) in [5, 5.41) is 18.7. The average molecular weight is 700 g/mol. The van der Waals surface area contributed by atoms with Crippen LogP contribution < -0.4 is 15.4 Å². The van der Waals surface area contributed by atoms with Crippen LogP contribution in [0.5, 0.6) is 17.4 Å². The molecule has 4 aromatic heterocycles. The van der Waals surface area contributed by atoms with Gasteiger partial charge in [-0.25, -0.2) is 15.0 Å². The van der Waals surface area contributed by atoms with E-state index in [9.17, 15) is 9.59 Å². The molecule has 0 radical (unpaired) electrons. The minimum Gasteiger partial charge on any atom is -0.508 e. The van der Waals surface area contributed by atoms with Gasteiger partial charge in [0, 0.05) is 23.5 Å². The maximum Gasteiger partial charge on any atom is 0.247 e. The number of nitrogens with zero attached hydrogens (tertiary/aromatic N) is 4. The summed E-state index contributed by atoms with van der Waals surface area (Å²) in [4.78, 5) is 38.1. The molecule has 3 N–H and O–H groups in total. The molecule has 0 aliphatic carbocycles. The fourth-order valence-electron chi connectivity index (χ4n) is 3.40. The number of phenols is 1. The first kappa shape index (κ1) is 33.3. The van der Waals surface area contributed by atoms with E-state index in [1.807, 2.05) is 22.9 Å². The van der Waals surface area contributed by atoms with Crippen LogP contribution in [0.25, 0.3) is 20.4 Å². The number of carbonyl (C=O) groups excluding carboxylic acids is 2. The van der Waals surface area contributed by atoms with Crippen molar-refractivity contribution in [2.24, 2.45) is 0 Å². The van der Waals surface area contributed by atoms with E-state index in [4.69, 9.17) is 44.6 Å². The zero-order valence-electron chi connectivity index (χ0n) is 22.9. The van der Waals surface area contributed by atoms with Crippen molar-refractivity contribution in [3.05, 3.63) is 112 Å². The predicted octanol–water partition coefficient (Wildman–Crippen LogP) is 8.78. The molecule has 0 spiro atoms. The lowest BCUT2D eigenvalue weighted by Crippen LogP contribution is -2.07. The van der Waals surface area contributed by atoms with E-state index >= 15 is 0 Å². The Morgan fingerprint density at radius 1 is 0.756 bits per heavy atom. The topological polar surface area (TPSA) is 139 Å². The maximum absolute atomic E-state index is 11.3. The second kappa shape index (κ2) is 15.9. The number of hydrogen-bond donors (Lipinski definition) is 3. The third kappa shape index (κ3) is 9.70. The monoisotopic (exact) mass is 698 g/mol. The Morgan fingerprint density at radius 2 is 1.31 bits per heavy atom. The highest BCUT2D eigenvalue weighted by Crippen LogP contribution is 2.33. The van der Waals surface area contributed by atoms with Gasteiger partial charge in [-0.2, -0.15) is 4.98 Å². The molecule has 2 aromatic carbocycles. The van der Waals surface area contributed by atoms with Crippen LogP contribution in [0, 0.1) is 0 Å². The van der Waals surface area contributed by atoms with Gasteiger partial charge in [0.1, 0.15) is 16.2 Å². The molecule has 0 saturated carbocycles. The van der Waals surface area contributed by atoms with Crippen molar-refractivity contribution in [2.75, 3.05) is 10.6 Å². The van der Waals surface area contributed by atoms with Crippen LogP contribution in [0.15, 0.2) is 96.7 Å². The Hall–Kier alpha value is -4.59. The van der Waals surface area contributed by atoms with Crippen molar-refractivity contribution in [3.63, 3.8) is 0 Å². The van der Waals surface area contributed by atoms with Gasteiger partial charge in [0.25, 0.3) is 0 Å². The number of aromatic hydroxyl groups is 1. The Balaban J connectivity index is 0.000000169. The summed E-state index contributed by atoms with van der Waals surface area (Å²) in [6.07, 6.45) is 2.37. The minimum atomic E-state index is -0.291. The number of thiophene rings is 2. The molecular weight excluding hydrogens is 679 g/mol. The van der Waals surface area contributed by atoms with Crippen molar-refractivity contribution in [1.29, 1.82) is 0 Å². The predicted molar refractivity (Wildman–Crippen MR) is 182 cm³/mol. The van der Waals surface area contributed by atoms with Crippen LogP contribution in [-0.4, -0.2) is 36.9 Å². The molecule has 10 nitrogen and oxygen atoms in total. The second-order valence-corrected chi connectivity index (χ2v) is 11.3. The van der Waals surface area contributed by atoms with E-state index < -0.39 is 0 Å². The van der Waals surface area contributed by atoms with Gasteiger partial charge in [0.15, 0.2) is 5.15 Å². The third-order valence-electron chi connectivity index (χ3n) is 5.28. The van der Waals surface area contributed by atoms with E-state index in [-0.39, 0.29) is 28.1 Å². The number of hydrogen-bond acceptors (Lipinski definition) is 10. The minimum absolute atomic E-state index is 0.122. The number of anilines is 2. The van der Waals surface area contributed by atoms with Gasteiger partial charge in [-0.3, -0.25) is 9.59 Å². The van der Waals surface area contributed by atoms with Gasteiger partial charge in [-0.1, -0.05) is 36.9 Å². The Labute approximate surface area is 279 Å². The molecule has 4 heterocycles. The van der Waals surface area contributed by atoms with Crippen LogP contribution >= 0.6 is 57.5 Å². The summed E-state index contributed by atoms with van der Waals surface area (Å²) < 4.78 is 7.48. The van der Waals surface area contributed by atoms with Gasteiger partial charge in [-0.15, -0.1) is 22.7 Å². The van der Waals surface area contributed by atoms with Crippen molar-refractivity contribution >= 4 is 101 Å². The fraction of sp³-hybridized carbons (Fsp3) is 0. The summed E-state index contributed by atoms with van der Waals surface area (Å²) in [6.45, 7) is 6.72. The Kier molecular flexibility index (Phi) is 11.8. The number of rotatable bonds is 6. The van der Waals surface area contributed by atoms with Crippen molar-refractivity contribution in [3.8, 4) is 17.4 Å². The molecule has 0 saturated heterocycles. The fourth-order valence-corrected chi connectivity index (χ4v) is 5.56. The SMILES string of the molecule is C=CC(=O)Nc1cccc(O)c1.C=CC(=O)Nc1cccc(Oc2nc(Cl)nc3ccsc23)c1.Clc1nc(Cl)c2sccc2n1. The first-order valence-electron chi connectivity index (χ1n) is 12.6. The highest BCUT2D eigenvalue weighted by Gasteiger charge is 2.11. The molecule has 15 heteroatoms. The molecular formula is C30H21Cl3N6O4S2. The van der Waals surface area contributed by atoms with E-state index in [0.717, 1.165) is 20.4 Å². The Morgan fingerprint density at radius 3 is 1.93 bits per heavy atom. The van der Waals surface area contributed by atoms with Crippen molar-refractivity contribution in [2.45, 2.75) is 0 Å². The summed E-state index contributed by atoms with van der Waals surface area (Å²) in [7, 11) is 0. The molecule has 2 amide bonds. The number of phenolic OH excluding ortho intramolecular Hbond substituents is 1. The molecule has 0 atom stereocenters. The van der Waals surface area contributed by atoms with E-state index in [2.05, 4.69) is 43.7 Å². The second-order valence-electron chi connectivity index (χ2n) is 8.42. The number of carbonyl (C=O) groups is 2. The lowest BCUT2D eigenvalue weighted by Gasteiger charge is -2.08. The highest BCUT2D eigenvalue weighted by atomic mass is 35.5. The number of halogens is 3. The first-order chi connectivity index (χ1) is 21.6. The molecule has 45 heavy (non-hydrogen) atoms. The number of amides is 2. The first-order valence-corrected chi connectivity index (χ1v) is 15.4. The average Bonchev–Trinajstić information content (AvgIpc) is 3.68. The molecule has 0 bridgehead atoms. The zero-order chi connectivity index (χ0) is 32.3. The van der Waals surface area contributed by atoms with Crippen LogP contribution in [0.2, 0.25) is 15.7 Å². The quantitative estimate of drug-likeness (QED) is 0.0891. The maximum atomic E-state index is 11.3. The van der Waals surface area contributed by atoms with Gasteiger partial charge < -0.3 is 20.5 Å². The van der Waals surface area contributed by atoms with Crippen molar-refractivity contribution < 1.29 is 19.4 Å². The lowest BCUT2D eigenvalue weighted by atomic mass is 10.3. The number of fused-ring (bicyclic) bond motifs is 2. The van der Waals surface area contributed by atoms with Gasteiger partial charge in [0.05, 0.1) is 15.7 Å². The molecule has 0 aliphatic heterocycles. The van der Waals surface area contributed by atoms with E-state index in [0.29, 0.717) is 28.2 Å². The number of ether oxygens (including phenoxy) is 1. The van der Waals surface area contributed by atoms with Gasteiger partial charge in [-0.05, 0) is 82.5 Å². The smallest absolute Gasteiger partial charge is 0.247 e. The largest absolute Gasteiger partial charge is 0.508 e. The molecule has 228 valence electrons. The highest BCUT2D eigenvalue weighted by molar-refractivity contribution is 7.18. The number of benzene rings is 2. The normalized spacial score (nSPS) is 10.1. The summed E-state index contributed by atoms with van der Waals surface area (Å²) in [5.41, 5.74) is 2.70. The van der Waals surface area contributed by atoms with Crippen LogP contribution in [0.3, 0.4) is 0 Å². The lowest BCUT2D eigenvalue weighted by molar-refractivity contribution is -0.112. The third-order valence-corrected chi connectivity index (χ3v) is 7.81. The van der Waals surface area contributed by atoms with E-state index in [1.54, 1.807) is 36.4 Å². The van der Waals surface area contributed by atoms with Gasteiger partial charge in [0.2, 0.25) is 28.3 Å². The molecule has 0 unspecified atom stereocenters. The van der Waals surface area contributed by atoms with Crippen LogP contribution in [0.1, 0.15) is 0 Å². The summed E-state index contributed by atoms with van der Waals surface area (Å²) in [6, 6.07) is 17.0. The number of aromatic nitrogens is 4. The Bertz CT molecular complexity index is 2000. The van der Waals surface area contributed by atoms with E-state index in [1.165, 1.54) is 47.0 Å². The molecule has 0 fully saturated rings. The number of nitrogens with one attached hydrogen (secondary N) is 2. The summed E-state index contributed by atoms with van der Waals surface area (Å²) >= 11 is 20.2. The molecule has 6 rings (SSSR count). The molecule has 0 aliphatic rings. The van der Waals surface area contributed by atoms with Crippen LogP contribution in [0.4, 0.5) is 11.4 Å². The van der Waals surface area contributed by atoms with Crippen molar-refractivity contribution in [1.82, 2.24) is 19.9 Å². The standard InChI is InChI=1S/C15H10ClN3O2S.C9H9NO2.C6H2Cl2N2S/c1-2-12(20)17-9-4-3-5-10(8-9)21-14-13-11(6-7-22-13)18-15(16)19-14;1-2-9(12)10-7-4-3-5-8(11)6-7;7-5-4-3(1-2-11-4)9-6(8)10-5/h2-8H,1H2,(H,17,20);2-6,11H,1H2,(H,10,12);1-2H.